The summed E-state index contributed by atoms with van der Waals surface area (Å²) in [4.78, 5) is 11.6. The van der Waals surface area contributed by atoms with E-state index in [1.54, 1.807) is 0 Å². The van der Waals surface area contributed by atoms with Crippen molar-refractivity contribution in [2.45, 2.75) is 32.1 Å². The topological polar surface area (TPSA) is 55.0 Å². The fourth-order valence-electron chi connectivity index (χ4n) is 2.94. The van der Waals surface area contributed by atoms with Crippen LogP contribution in [0.5, 0.6) is 0 Å². The summed E-state index contributed by atoms with van der Waals surface area (Å²) in [5.74, 6) is 0.866. The van der Waals surface area contributed by atoms with E-state index in [1.807, 2.05) is 12.3 Å². The molecule has 0 amide bonds. The van der Waals surface area contributed by atoms with Gasteiger partial charge in [-0.25, -0.2) is 9.97 Å². The minimum absolute atomic E-state index is 0. The molecular weight excluding hydrogens is 308 g/mol. The average Bonchev–Trinajstić information content (AvgIpc) is 2.85. The Bertz CT molecular complexity index is 592. The van der Waals surface area contributed by atoms with Crippen molar-refractivity contribution in [3.05, 3.63) is 42.1 Å². The van der Waals surface area contributed by atoms with Gasteiger partial charge >= 0.3 is 0 Å². The Balaban J connectivity index is 0.00000192. The zero-order valence-corrected chi connectivity index (χ0v) is 14.3. The van der Waals surface area contributed by atoms with Gasteiger partial charge in [-0.05, 0) is 37.4 Å². The molecule has 1 saturated heterocycles. The molecule has 0 aliphatic carbocycles. The van der Waals surface area contributed by atoms with Crippen LogP contribution in [0.1, 0.15) is 31.2 Å². The van der Waals surface area contributed by atoms with Crippen molar-refractivity contribution >= 4 is 18.4 Å². The molecule has 5 heteroatoms. The predicted molar refractivity (Wildman–Crippen MR) is 98.2 cm³/mol. The van der Waals surface area contributed by atoms with Crippen LogP contribution in [0.4, 0.5) is 5.95 Å². The lowest BCUT2D eigenvalue weighted by molar-refractivity contribution is 0.726. The number of rotatable bonds is 4. The first-order chi connectivity index (χ1) is 10.9. The molecule has 0 spiro atoms. The van der Waals surface area contributed by atoms with Crippen molar-refractivity contribution in [1.29, 1.82) is 0 Å². The first-order valence-electron chi connectivity index (χ1n) is 8.24. The number of hydrogen-bond acceptors (Lipinski definition) is 4. The van der Waals surface area contributed by atoms with E-state index in [1.165, 1.54) is 31.2 Å². The van der Waals surface area contributed by atoms with Gasteiger partial charge in [0.1, 0.15) is 0 Å². The molecule has 0 saturated carbocycles. The Hall–Kier alpha value is -1.65. The van der Waals surface area contributed by atoms with E-state index in [0.717, 1.165) is 36.7 Å². The van der Waals surface area contributed by atoms with E-state index in [-0.39, 0.29) is 12.4 Å². The summed E-state index contributed by atoms with van der Waals surface area (Å²) in [5.41, 5.74) is 9.00. The molecular formula is C18H25ClN4. The van der Waals surface area contributed by atoms with E-state index < -0.39 is 0 Å². The van der Waals surface area contributed by atoms with Crippen molar-refractivity contribution in [3.63, 3.8) is 0 Å². The summed E-state index contributed by atoms with van der Waals surface area (Å²) in [5, 5.41) is 0. The number of halogens is 1. The minimum atomic E-state index is 0. The van der Waals surface area contributed by atoms with Gasteiger partial charge in [0.25, 0.3) is 0 Å². The first kappa shape index (κ1) is 17.7. The molecule has 0 radical (unpaired) electrons. The highest BCUT2D eigenvalue weighted by Gasteiger charge is 2.13. The Morgan fingerprint density at radius 1 is 0.957 bits per heavy atom. The maximum atomic E-state index is 5.60. The molecule has 1 fully saturated rings. The van der Waals surface area contributed by atoms with E-state index in [4.69, 9.17) is 10.7 Å². The van der Waals surface area contributed by atoms with Gasteiger partial charge in [0, 0.05) is 24.8 Å². The summed E-state index contributed by atoms with van der Waals surface area (Å²) in [6.45, 7) is 2.82. The van der Waals surface area contributed by atoms with Gasteiger partial charge in [0.15, 0.2) is 0 Å². The van der Waals surface area contributed by atoms with Crippen molar-refractivity contribution in [3.8, 4) is 11.3 Å². The summed E-state index contributed by atoms with van der Waals surface area (Å²) in [6, 6.07) is 10.5. The van der Waals surface area contributed by atoms with E-state index in [9.17, 15) is 0 Å². The van der Waals surface area contributed by atoms with Gasteiger partial charge in [0.05, 0.1) is 5.69 Å². The number of hydrogen-bond donors (Lipinski definition) is 1. The number of nitrogens with zero attached hydrogens (tertiary/aromatic N) is 3. The second-order valence-electron chi connectivity index (χ2n) is 5.88. The highest BCUT2D eigenvalue weighted by molar-refractivity contribution is 5.85. The molecule has 2 heterocycles. The molecule has 0 unspecified atom stereocenters. The van der Waals surface area contributed by atoms with Crippen LogP contribution in [-0.2, 0) is 6.42 Å². The SMILES string of the molecule is Cl.NCCc1ccc(-c2ccnc(N3CCCCCC3)n2)cc1. The maximum Gasteiger partial charge on any atom is 0.225 e. The van der Waals surface area contributed by atoms with Crippen LogP contribution in [-0.4, -0.2) is 29.6 Å². The molecule has 23 heavy (non-hydrogen) atoms. The summed E-state index contributed by atoms with van der Waals surface area (Å²) in [7, 11) is 0. The highest BCUT2D eigenvalue weighted by atomic mass is 35.5. The van der Waals surface area contributed by atoms with Crippen LogP contribution in [0.25, 0.3) is 11.3 Å². The molecule has 1 aliphatic rings. The normalized spacial score (nSPS) is 14.9. The van der Waals surface area contributed by atoms with E-state index in [0.29, 0.717) is 6.54 Å². The highest BCUT2D eigenvalue weighted by Crippen LogP contribution is 2.21. The maximum absolute atomic E-state index is 5.60. The zero-order chi connectivity index (χ0) is 15.2. The van der Waals surface area contributed by atoms with Crippen LogP contribution in [0, 0.1) is 0 Å². The van der Waals surface area contributed by atoms with Crippen LogP contribution >= 0.6 is 12.4 Å². The van der Waals surface area contributed by atoms with Gasteiger partial charge < -0.3 is 10.6 Å². The van der Waals surface area contributed by atoms with Crippen molar-refractivity contribution in [2.24, 2.45) is 5.73 Å². The average molecular weight is 333 g/mol. The van der Waals surface area contributed by atoms with Gasteiger partial charge in [-0.2, -0.15) is 0 Å². The Morgan fingerprint density at radius 2 is 1.65 bits per heavy atom. The predicted octanol–water partition coefficient (Wildman–Crippen LogP) is 3.45. The van der Waals surface area contributed by atoms with E-state index >= 15 is 0 Å². The zero-order valence-electron chi connectivity index (χ0n) is 13.4. The lowest BCUT2D eigenvalue weighted by atomic mass is 10.1. The van der Waals surface area contributed by atoms with Gasteiger partial charge in [-0.3, -0.25) is 0 Å². The lowest BCUT2D eigenvalue weighted by Gasteiger charge is -2.20. The second kappa shape index (κ2) is 8.85. The number of aromatic nitrogens is 2. The third kappa shape index (κ3) is 4.66. The number of nitrogens with two attached hydrogens (primary N) is 1. The summed E-state index contributed by atoms with van der Waals surface area (Å²) in [6.07, 6.45) is 7.90. The fraction of sp³-hybridized carbons (Fsp3) is 0.444. The Labute approximate surface area is 144 Å². The van der Waals surface area contributed by atoms with Crippen LogP contribution in [0.2, 0.25) is 0 Å². The van der Waals surface area contributed by atoms with E-state index in [2.05, 4.69) is 34.1 Å². The summed E-state index contributed by atoms with van der Waals surface area (Å²) < 4.78 is 0. The first-order valence-corrected chi connectivity index (χ1v) is 8.24. The van der Waals surface area contributed by atoms with Gasteiger partial charge in [0.2, 0.25) is 5.95 Å². The Kier molecular flexibility index (Phi) is 6.81. The molecule has 0 atom stereocenters. The van der Waals surface area contributed by atoms with Crippen molar-refractivity contribution < 1.29 is 0 Å². The number of benzene rings is 1. The van der Waals surface area contributed by atoms with Crippen LogP contribution in [0.3, 0.4) is 0 Å². The molecule has 2 N–H and O–H groups in total. The fourth-order valence-corrected chi connectivity index (χ4v) is 2.94. The third-order valence-electron chi connectivity index (χ3n) is 4.21. The van der Waals surface area contributed by atoms with Crippen LogP contribution in [0.15, 0.2) is 36.5 Å². The molecule has 3 rings (SSSR count). The minimum Gasteiger partial charge on any atom is -0.341 e. The molecule has 2 aromatic rings. The monoisotopic (exact) mass is 332 g/mol. The Morgan fingerprint density at radius 3 is 2.30 bits per heavy atom. The molecule has 1 aliphatic heterocycles. The molecule has 4 nitrogen and oxygen atoms in total. The second-order valence-corrected chi connectivity index (χ2v) is 5.88. The van der Waals surface area contributed by atoms with Gasteiger partial charge in [-0.1, -0.05) is 37.1 Å². The molecule has 0 bridgehead atoms. The summed E-state index contributed by atoms with van der Waals surface area (Å²) >= 11 is 0. The van der Waals surface area contributed by atoms with Gasteiger partial charge in [-0.15, -0.1) is 12.4 Å². The molecule has 1 aromatic carbocycles. The third-order valence-corrected chi connectivity index (χ3v) is 4.21. The van der Waals surface area contributed by atoms with Crippen molar-refractivity contribution in [2.75, 3.05) is 24.5 Å². The molecule has 1 aromatic heterocycles. The van der Waals surface area contributed by atoms with Crippen molar-refractivity contribution in [1.82, 2.24) is 9.97 Å². The standard InChI is InChI=1S/C18H24N4.ClH/c19-11-9-15-5-7-16(8-6-15)17-10-12-20-18(21-17)22-13-3-1-2-4-14-22;/h5-8,10,12H,1-4,9,11,13-14,19H2;1H. The van der Waals surface area contributed by atoms with Crippen LogP contribution < -0.4 is 10.6 Å². The number of anilines is 1. The molecule has 124 valence electrons. The quantitative estimate of drug-likeness (QED) is 0.931. The lowest BCUT2D eigenvalue weighted by Crippen LogP contribution is -2.26. The largest absolute Gasteiger partial charge is 0.341 e. The smallest absolute Gasteiger partial charge is 0.225 e.